The third-order valence-corrected chi connectivity index (χ3v) is 5.06. The second kappa shape index (κ2) is 7.05. The van der Waals surface area contributed by atoms with E-state index in [1.807, 2.05) is 47.4 Å². The normalized spacial score (nSPS) is 18.0. The van der Waals surface area contributed by atoms with E-state index in [-0.39, 0.29) is 11.8 Å². The van der Waals surface area contributed by atoms with E-state index in [4.69, 9.17) is 4.74 Å². The number of halogens is 1. The van der Waals surface area contributed by atoms with Crippen molar-refractivity contribution in [2.75, 3.05) is 31.2 Å². The molecular weight excluding hydrogens is 396 g/mol. The van der Waals surface area contributed by atoms with Crippen molar-refractivity contribution in [3.8, 4) is 0 Å². The fourth-order valence-corrected chi connectivity index (χ4v) is 3.55. The number of carbonyl (C=O) groups is 2. The number of rotatable bonds is 3. The highest BCUT2D eigenvalue weighted by atomic mass is 79.9. The topological polar surface area (TPSA) is 49.9 Å². The van der Waals surface area contributed by atoms with Crippen molar-refractivity contribution in [3.63, 3.8) is 0 Å². The van der Waals surface area contributed by atoms with E-state index in [1.54, 1.807) is 12.1 Å². The van der Waals surface area contributed by atoms with Gasteiger partial charge in [0.1, 0.15) is 5.70 Å². The van der Waals surface area contributed by atoms with Gasteiger partial charge in [0.05, 0.1) is 24.5 Å². The van der Waals surface area contributed by atoms with Crippen LogP contribution in [0.1, 0.15) is 5.56 Å². The smallest absolute Gasteiger partial charge is 0.282 e. The van der Waals surface area contributed by atoms with Crippen LogP contribution < -0.4 is 4.90 Å². The second-order valence-corrected chi connectivity index (χ2v) is 7.03. The molecule has 0 N–H and O–H groups in total. The van der Waals surface area contributed by atoms with Crippen LogP contribution in [0.4, 0.5) is 5.69 Å². The van der Waals surface area contributed by atoms with E-state index < -0.39 is 0 Å². The first kappa shape index (κ1) is 17.0. The molecule has 1 saturated heterocycles. The zero-order valence-electron chi connectivity index (χ0n) is 14.0. The lowest BCUT2D eigenvalue weighted by Gasteiger charge is -2.29. The Morgan fingerprint density at radius 3 is 2.15 bits per heavy atom. The summed E-state index contributed by atoms with van der Waals surface area (Å²) in [4.78, 5) is 29.7. The van der Waals surface area contributed by atoms with Gasteiger partial charge in [-0.15, -0.1) is 0 Å². The van der Waals surface area contributed by atoms with Gasteiger partial charge in [0.25, 0.3) is 11.8 Å². The summed E-state index contributed by atoms with van der Waals surface area (Å²) in [5.74, 6) is -0.567. The number of hydrogen-bond acceptors (Lipinski definition) is 4. The number of benzene rings is 2. The van der Waals surface area contributed by atoms with Crippen LogP contribution in [0.5, 0.6) is 0 Å². The molecule has 0 radical (unpaired) electrons. The van der Waals surface area contributed by atoms with Crippen LogP contribution in [0.2, 0.25) is 0 Å². The maximum Gasteiger partial charge on any atom is 0.282 e. The van der Waals surface area contributed by atoms with Crippen molar-refractivity contribution < 1.29 is 14.3 Å². The van der Waals surface area contributed by atoms with E-state index in [9.17, 15) is 9.59 Å². The summed E-state index contributed by atoms with van der Waals surface area (Å²) in [6.07, 6.45) is 0. The molecular formula is C20H17BrN2O3. The van der Waals surface area contributed by atoms with Gasteiger partial charge in [0, 0.05) is 17.6 Å². The number of hydrogen-bond donors (Lipinski definition) is 0. The van der Waals surface area contributed by atoms with Crippen LogP contribution in [-0.4, -0.2) is 43.0 Å². The molecule has 0 aromatic heterocycles. The lowest BCUT2D eigenvalue weighted by Crippen LogP contribution is -2.40. The largest absolute Gasteiger partial charge is 0.378 e. The number of imide groups is 1. The lowest BCUT2D eigenvalue weighted by molar-refractivity contribution is -0.121. The maximum absolute atomic E-state index is 13.2. The van der Waals surface area contributed by atoms with Gasteiger partial charge in [-0.1, -0.05) is 46.3 Å². The number of ether oxygens (including phenoxy) is 1. The molecule has 0 unspecified atom stereocenters. The second-order valence-electron chi connectivity index (χ2n) is 6.11. The van der Waals surface area contributed by atoms with Crippen LogP contribution in [0.15, 0.2) is 64.8 Å². The molecule has 2 aromatic rings. The van der Waals surface area contributed by atoms with Crippen molar-refractivity contribution >= 4 is 39.0 Å². The van der Waals surface area contributed by atoms with Gasteiger partial charge in [0.2, 0.25) is 0 Å². The molecule has 1 fully saturated rings. The van der Waals surface area contributed by atoms with Crippen LogP contribution in [0.3, 0.4) is 0 Å². The summed E-state index contributed by atoms with van der Waals surface area (Å²) >= 11 is 3.39. The van der Waals surface area contributed by atoms with E-state index in [1.165, 1.54) is 4.90 Å². The van der Waals surface area contributed by atoms with Crippen molar-refractivity contribution in [1.82, 2.24) is 4.90 Å². The predicted octanol–water partition coefficient (Wildman–Crippen LogP) is 3.07. The molecule has 0 spiro atoms. The lowest BCUT2D eigenvalue weighted by atomic mass is 10.0. The molecule has 26 heavy (non-hydrogen) atoms. The van der Waals surface area contributed by atoms with Gasteiger partial charge in [0.15, 0.2) is 0 Å². The fraction of sp³-hybridized carbons (Fsp3) is 0.200. The van der Waals surface area contributed by atoms with Crippen LogP contribution >= 0.6 is 15.9 Å². The molecule has 0 bridgehead atoms. The molecule has 4 rings (SSSR count). The Labute approximate surface area is 160 Å². The fourth-order valence-electron chi connectivity index (χ4n) is 3.29. The Hall–Kier alpha value is -2.44. The Morgan fingerprint density at radius 1 is 0.846 bits per heavy atom. The highest BCUT2D eigenvalue weighted by Crippen LogP contribution is 2.35. The minimum absolute atomic E-state index is 0.280. The van der Waals surface area contributed by atoms with Crippen molar-refractivity contribution in [2.24, 2.45) is 0 Å². The molecule has 0 atom stereocenters. The van der Waals surface area contributed by atoms with Crippen LogP contribution in [-0.2, 0) is 14.3 Å². The summed E-state index contributed by atoms with van der Waals surface area (Å²) in [7, 11) is 0. The SMILES string of the molecule is O=C1C(c2ccccc2)=C(N2CCOCC2)C(=O)N1c1ccc(Br)cc1. The first-order valence-electron chi connectivity index (χ1n) is 8.43. The molecule has 2 aromatic carbocycles. The zero-order chi connectivity index (χ0) is 18.1. The van der Waals surface area contributed by atoms with E-state index in [0.29, 0.717) is 43.3 Å². The van der Waals surface area contributed by atoms with Crippen molar-refractivity contribution in [2.45, 2.75) is 0 Å². The molecule has 2 heterocycles. The van der Waals surface area contributed by atoms with Gasteiger partial charge in [-0.2, -0.15) is 0 Å². The van der Waals surface area contributed by atoms with E-state index in [2.05, 4.69) is 15.9 Å². The van der Waals surface area contributed by atoms with Gasteiger partial charge in [-0.05, 0) is 29.8 Å². The minimum Gasteiger partial charge on any atom is -0.378 e. The quantitative estimate of drug-likeness (QED) is 0.726. The third kappa shape index (κ3) is 2.95. The Kier molecular flexibility index (Phi) is 4.61. The monoisotopic (exact) mass is 412 g/mol. The first-order valence-corrected chi connectivity index (χ1v) is 9.23. The van der Waals surface area contributed by atoms with Gasteiger partial charge < -0.3 is 9.64 Å². The summed E-state index contributed by atoms with van der Waals surface area (Å²) < 4.78 is 6.30. The predicted molar refractivity (Wildman–Crippen MR) is 102 cm³/mol. The van der Waals surface area contributed by atoms with E-state index >= 15 is 0 Å². The summed E-state index contributed by atoms with van der Waals surface area (Å²) in [6.45, 7) is 2.29. The van der Waals surface area contributed by atoms with Crippen LogP contribution in [0.25, 0.3) is 5.57 Å². The van der Waals surface area contributed by atoms with Gasteiger partial charge >= 0.3 is 0 Å². The number of morpholine rings is 1. The molecule has 2 aliphatic heterocycles. The summed E-state index contributed by atoms with van der Waals surface area (Å²) in [5.41, 5.74) is 2.25. The Morgan fingerprint density at radius 2 is 1.50 bits per heavy atom. The molecule has 0 aliphatic carbocycles. The van der Waals surface area contributed by atoms with Crippen molar-refractivity contribution in [3.05, 3.63) is 70.3 Å². The van der Waals surface area contributed by atoms with Crippen LogP contribution in [0, 0.1) is 0 Å². The molecule has 0 saturated carbocycles. The average Bonchev–Trinajstić information content (AvgIpc) is 2.94. The van der Waals surface area contributed by atoms with Gasteiger partial charge in [-0.25, -0.2) is 4.90 Å². The molecule has 5 nitrogen and oxygen atoms in total. The Bertz CT molecular complexity index is 872. The number of nitrogens with zero attached hydrogens (tertiary/aromatic N) is 2. The summed E-state index contributed by atoms with van der Waals surface area (Å²) in [5, 5.41) is 0. The van der Waals surface area contributed by atoms with Crippen molar-refractivity contribution in [1.29, 1.82) is 0 Å². The highest BCUT2D eigenvalue weighted by Gasteiger charge is 2.42. The highest BCUT2D eigenvalue weighted by molar-refractivity contribution is 9.10. The summed E-state index contributed by atoms with van der Waals surface area (Å²) in [6, 6.07) is 16.6. The average molecular weight is 413 g/mol. The van der Waals surface area contributed by atoms with E-state index in [0.717, 1.165) is 10.0 Å². The molecule has 2 amide bonds. The number of anilines is 1. The molecule has 132 valence electrons. The van der Waals surface area contributed by atoms with Gasteiger partial charge in [-0.3, -0.25) is 9.59 Å². The number of amides is 2. The number of carbonyl (C=O) groups excluding carboxylic acids is 2. The third-order valence-electron chi connectivity index (χ3n) is 4.53. The first-order chi connectivity index (χ1) is 12.7. The molecule has 2 aliphatic rings. The zero-order valence-corrected chi connectivity index (χ0v) is 15.6. The maximum atomic E-state index is 13.2. The standard InChI is InChI=1S/C20H17BrN2O3/c21-15-6-8-16(9-7-15)23-19(24)17(14-4-2-1-3-5-14)18(20(23)25)22-10-12-26-13-11-22/h1-9H,10-13H2. The molecule has 6 heteroatoms. The minimum atomic E-state index is -0.287. The Balaban J connectivity index is 1.81.